The summed E-state index contributed by atoms with van der Waals surface area (Å²) in [6.45, 7) is 2.16. The molecule has 0 heterocycles. The van der Waals surface area contributed by atoms with Crippen LogP contribution in [0.5, 0.6) is 5.75 Å². The van der Waals surface area contributed by atoms with E-state index in [-0.39, 0.29) is 0 Å². The molecule has 1 fully saturated rings. The number of methoxy groups -OCH3 is 1. The van der Waals surface area contributed by atoms with Gasteiger partial charge in [-0.05, 0) is 42.9 Å². The van der Waals surface area contributed by atoms with E-state index in [9.17, 15) is 9.90 Å². The summed E-state index contributed by atoms with van der Waals surface area (Å²) in [5.74, 6) is 0.704. The van der Waals surface area contributed by atoms with Gasteiger partial charge in [0.05, 0.1) is 12.5 Å². The first kappa shape index (κ1) is 14.9. The van der Waals surface area contributed by atoms with E-state index in [1.807, 2.05) is 24.3 Å². The van der Waals surface area contributed by atoms with Crippen LogP contribution in [0.2, 0.25) is 0 Å². The van der Waals surface area contributed by atoms with Gasteiger partial charge in [0.2, 0.25) is 0 Å². The van der Waals surface area contributed by atoms with Crippen LogP contribution in [0.15, 0.2) is 24.3 Å². The number of rotatable bonds is 5. The highest BCUT2D eigenvalue weighted by Gasteiger charge is 2.42. The standard InChI is InChI=1S/C17H24O3/c1-3-13-7-5-9-17(11-13,16(18)19)12-14-6-4-8-15(10-14)20-2/h4,6,8,10,13H,3,5,7,9,11-12H2,1-2H3,(H,18,19). The van der Waals surface area contributed by atoms with Crippen LogP contribution in [0.25, 0.3) is 0 Å². The number of carboxylic acids is 1. The Morgan fingerprint density at radius 2 is 2.30 bits per heavy atom. The minimum atomic E-state index is -0.640. The molecule has 0 aromatic heterocycles. The van der Waals surface area contributed by atoms with Crippen LogP contribution in [0, 0.1) is 11.3 Å². The third kappa shape index (κ3) is 3.14. The van der Waals surface area contributed by atoms with Gasteiger partial charge in [0.15, 0.2) is 0 Å². The average molecular weight is 276 g/mol. The van der Waals surface area contributed by atoms with Gasteiger partial charge < -0.3 is 9.84 Å². The molecule has 1 aliphatic rings. The topological polar surface area (TPSA) is 46.5 Å². The van der Waals surface area contributed by atoms with E-state index in [1.54, 1.807) is 7.11 Å². The van der Waals surface area contributed by atoms with E-state index >= 15 is 0 Å². The molecular formula is C17H24O3. The lowest BCUT2D eigenvalue weighted by molar-refractivity contribution is -0.152. The largest absolute Gasteiger partial charge is 0.497 e. The molecule has 1 aromatic rings. The average Bonchev–Trinajstić information content (AvgIpc) is 2.47. The number of ether oxygens (including phenoxy) is 1. The van der Waals surface area contributed by atoms with Crippen molar-refractivity contribution in [1.82, 2.24) is 0 Å². The fraction of sp³-hybridized carbons (Fsp3) is 0.588. The molecular weight excluding hydrogens is 252 g/mol. The predicted octanol–water partition coefficient (Wildman–Crippen LogP) is 3.91. The minimum Gasteiger partial charge on any atom is -0.497 e. The van der Waals surface area contributed by atoms with Crippen molar-refractivity contribution in [2.24, 2.45) is 11.3 Å². The van der Waals surface area contributed by atoms with Crippen molar-refractivity contribution < 1.29 is 14.6 Å². The molecule has 1 aliphatic carbocycles. The van der Waals surface area contributed by atoms with Crippen LogP contribution in [-0.4, -0.2) is 18.2 Å². The summed E-state index contributed by atoms with van der Waals surface area (Å²) >= 11 is 0. The second kappa shape index (κ2) is 6.29. The van der Waals surface area contributed by atoms with Crippen molar-refractivity contribution in [3.63, 3.8) is 0 Å². The van der Waals surface area contributed by atoms with Crippen LogP contribution in [0.3, 0.4) is 0 Å². The molecule has 2 unspecified atom stereocenters. The molecule has 2 atom stereocenters. The molecule has 1 aromatic carbocycles. The van der Waals surface area contributed by atoms with E-state index in [0.717, 1.165) is 37.0 Å². The molecule has 2 rings (SSSR count). The van der Waals surface area contributed by atoms with Crippen molar-refractivity contribution >= 4 is 5.97 Å². The molecule has 0 radical (unpaired) electrons. The molecule has 20 heavy (non-hydrogen) atoms. The number of aliphatic carboxylic acids is 1. The summed E-state index contributed by atoms with van der Waals surface area (Å²) in [6.07, 6.45) is 5.47. The smallest absolute Gasteiger partial charge is 0.309 e. The Labute approximate surface area is 121 Å². The van der Waals surface area contributed by atoms with Gasteiger partial charge in [-0.2, -0.15) is 0 Å². The van der Waals surface area contributed by atoms with Crippen molar-refractivity contribution in [3.05, 3.63) is 29.8 Å². The second-order valence-corrected chi connectivity index (χ2v) is 5.98. The lowest BCUT2D eigenvalue weighted by Crippen LogP contribution is -2.38. The van der Waals surface area contributed by atoms with Gasteiger partial charge >= 0.3 is 5.97 Å². The van der Waals surface area contributed by atoms with Crippen LogP contribution in [0.4, 0.5) is 0 Å². The van der Waals surface area contributed by atoms with E-state index < -0.39 is 11.4 Å². The Kier molecular flexibility index (Phi) is 4.69. The highest BCUT2D eigenvalue weighted by Crippen LogP contribution is 2.43. The van der Waals surface area contributed by atoms with Crippen LogP contribution in [-0.2, 0) is 11.2 Å². The van der Waals surface area contributed by atoms with Gasteiger partial charge in [0.1, 0.15) is 5.75 Å². The van der Waals surface area contributed by atoms with E-state index in [1.165, 1.54) is 6.42 Å². The number of carboxylic acid groups (broad SMARTS) is 1. The van der Waals surface area contributed by atoms with Crippen LogP contribution in [0.1, 0.15) is 44.6 Å². The molecule has 0 aliphatic heterocycles. The van der Waals surface area contributed by atoms with E-state index in [4.69, 9.17) is 4.74 Å². The summed E-state index contributed by atoms with van der Waals surface area (Å²) in [6, 6.07) is 7.79. The third-order valence-electron chi connectivity index (χ3n) is 4.65. The maximum atomic E-state index is 11.9. The zero-order valence-corrected chi connectivity index (χ0v) is 12.4. The van der Waals surface area contributed by atoms with E-state index in [2.05, 4.69) is 6.92 Å². The monoisotopic (exact) mass is 276 g/mol. The van der Waals surface area contributed by atoms with Crippen molar-refractivity contribution in [1.29, 1.82) is 0 Å². The number of hydrogen-bond donors (Lipinski definition) is 1. The maximum Gasteiger partial charge on any atom is 0.309 e. The lowest BCUT2D eigenvalue weighted by atomic mass is 9.66. The molecule has 1 N–H and O–H groups in total. The lowest BCUT2D eigenvalue weighted by Gasteiger charge is -2.37. The van der Waals surface area contributed by atoms with Crippen molar-refractivity contribution in [2.45, 2.75) is 45.4 Å². The summed E-state index contributed by atoms with van der Waals surface area (Å²) in [4.78, 5) is 11.9. The Balaban J connectivity index is 2.22. The first-order valence-electron chi connectivity index (χ1n) is 7.46. The predicted molar refractivity (Wildman–Crippen MR) is 79.0 cm³/mol. The Morgan fingerprint density at radius 3 is 2.95 bits per heavy atom. The summed E-state index contributed by atoms with van der Waals surface area (Å²) in [5, 5.41) is 9.76. The van der Waals surface area contributed by atoms with E-state index in [0.29, 0.717) is 12.3 Å². The van der Waals surface area contributed by atoms with Crippen molar-refractivity contribution in [2.75, 3.05) is 7.11 Å². The Morgan fingerprint density at radius 1 is 1.50 bits per heavy atom. The fourth-order valence-electron chi connectivity index (χ4n) is 3.44. The van der Waals surface area contributed by atoms with Gasteiger partial charge in [0.25, 0.3) is 0 Å². The first-order valence-corrected chi connectivity index (χ1v) is 7.46. The van der Waals surface area contributed by atoms with Gasteiger partial charge in [-0.15, -0.1) is 0 Å². The maximum absolute atomic E-state index is 11.9. The quantitative estimate of drug-likeness (QED) is 0.887. The number of hydrogen-bond acceptors (Lipinski definition) is 2. The molecule has 110 valence electrons. The van der Waals surface area contributed by atoms with Gasteiger partial charge in [-0.25, -0.2) is 0 Å². The van der Waals surface area contributed by atoms with Gasteiger partial charge in [0, 0.05) is 0 Å². The van der Waals surface area contributed by atoms with Gasteiger partial charge in [-0.1, -0.05) is 38.3 Å². The number of carbonyl (C=O) groups is 1. The molecule has 3 heteroatoms. The second-order valence-electron chi connectivity index (χ2n) is 5.98. The Hall–Kier alpha value is -1.51. The molecule has 0 saturated heterocycles. The van der Waals surface area contributed by atoms with Crippen LogP contribution < -0.4 is 4.74 Å². The molecule has 3 nitrogen and oxygen atoms in total. The fourth-order valence-corrected chi connectivity index (χ4v) is 3.44. The molecule has 0 bridgehead atoms. The molecule has 0 amide bonds. The minimum absolute atomic E-state index is 0.547. The summed E-state index contributed by atoms with van der Waals surface area (Å²) in [7, 11) is 1.64. The Bertz CT molecular complexity index is 469. The zero-order chi connectivity index (χ0) is 14.6. The van der Waals surface area contributed by atoms with Crippen LogP contribution >= 0.6 is 0 Å². The van der Waals surface area contributed by atoms with Crippen molar-refractivity contribution in [3.8, 4) is 5.75 Å². The van der Waals surface area contributed by atoms with Gasteiger partial charge in [-0.3, -0.25) is 4.79 Å². The highest BCUT2D eigenvalue weighted by atomic mass is 16.5. The highest BCUT2D eigenvalue weighted by molar-refractivity contribution is 5.75. The first-order chi connectivity index (χ1) is 9.59. The SMILES string of the molecule is CCC1CCCC(Cc2cccc(OC)c2)(C(=O)O)C1. The summed E-state index contributed by atoms with van der Waals surface area (Å²) in [5.41, 5.74) is 0.467. The zero-order valence-electron chi connectivity index (χ0n) is 12.4. The third-order valence-corrected chi connectivity index (χ3v) is 4.65. The summed E-state index contributed by atoms with van der Waals surface area (Å²) < 4.78 is 5.23. The molecule has 1 saturated carbocycles. The molecule has 0 spiro atoms. The normalized spacial score (nSPS) is 26.2. The number of benzene rings is 1.